The summed E-state index contributed by atoms with van der Waals surface area (Å²) in [4.78, 5) is 2.26. The summed E-state index contributed by atoms with van der Waals surface area (Å²) in [6.07, 6.45) is 3.04. The molecule has 1 aliphatic carbocycles. The number of benzene rings is 1. The third-order valence-electron chi connectivity index (χ3n) is 4.09. The standard InChI is InChI=1S/C14H19FN2O/c15-11-2-3-13(17-6-8-18-9-7-17)12(10-11)14(16)4-1-5-14/h2-3,10H,1,4-9,16H2. The van der Waals surface area contributed by atoms with Gasteiger partial charge in [-0.05, 0) is 43.0 Å². The number of hydrogen-bond donors (Lipinski definition) is 1. The van der Waals surface area contributed by atoms with E-state index in [9.17, 15) is 4.39 Å². The van der Waals surface area contributed by atoms with E-state index in [0.717, 1.165) is 56.8 Å². The van der Waals surface area contributed by atoms with Gasteiger partial charge in [0.1, 0.15) is 5.82 Å². The monoisotopic (exact) mass is 250 g/mol. The van der Waals surface area contributed by atoms with Gasteiger partial charge in [-0.2, -0.15) is 0 Å². The van der Waals surface area contributed by atoms with Crippen molar-refractivity contribution in [2.45, 2.75) is 24.8 Å². The average molecular weight is 250 g/mol. The van der Waals surface area contributed by atoms with Crippen LogP contribution in [-0.4, -0.2) is 26.3 Å². The maximum atomic E-state index is 13.5. The van der Waals surface area contributed by atoms with E-state index >= 15 is 0 Å². The first-order valence-corrected chi connectivity index (χ1v) is 6.61. The number of nitrogens with two attached hydrogens (primary N) is 1. The van der Waals surface area contributed by atoms with Crippen LogP contribution in [0.2, 0.25) is 0 Å². The molecule has 3 rings (SSSR count). The molecule has 4 heteroatoms. The van der Waals surface area contributed by atoms with Crippen molar-refractivity contribution in [2.75, 3.05) is 31.2 Å². The van der Waals surface area contributed by atoms with E-state index in [1.807, 2.05) is 6.07 Å². The van der Waals surface area contributed by atoms with E-state index in [2.05, 4.69) is 4.90 Å². The zero-order valence-corrected chi connectivity index (χ0v) is 10.5. The van der Waals surface area contributed by atoms with Crippen LogP contribution in [-0.2, 0) is 10.3 Å². The molecule has 0 bridgehead atoms. The number of halogens is 1. The second kappa shape index (κ2) is 4.52. The minimum absolute atomic E-state index is 0.196. The number of anilines is 1. The number of hydrogen-bond acceptors (Lipinski definition) is 3. The van der Waals surface area contributed by atoms with Crippen LogP contribution in [0.4, 0.5) is 10.1 Å². The lowest BCUT2D eigenvalue weighted by molar-refractivity contribution is 0.122. The Morgan fingerprint density at radius 2 is 1.94 bits per heavy atom. The summed E-state index contributed by atoms with van der Waals surface area (Å²) in [5.41, 5.74) is 8.11. The molecule has 1 aromatic carbocycles. The normalized spacial score (nSPS) is 22.7. The van der Waals surface area contributed by atoms with Gasteiger partial charge in [0.2, 0.25) is 0 Å². The van der Waals surface area contributed by atoms with Crippen LogP contribution in [0, 0.1) is 5.82 Å². The van der Waals surface area contributed by atoms with Crippen LogP contribution < -0.4 is 10.6 Å². The van der Waals surface area contributed by atoms with Crippen molar-refractivity contribution in [1.29, 1.82) is 0 Å². The Bertz CT molecular complexity index is 439. The molecule has 0 radical (unpaired) electrons. The fraction of sp³-hybridized carbons (Fsp3) is 0.571. The number of nitrogens with zero attached hydrogens (tertiary/aromatic N) is 1. The molecule has 0 aromatic heterocycles. The average Bonchev–Trinajstić information content (AvgIpc) is 2.37. The summed E-state index contributed by atoms with van der Waals surface area (Å²) >= 11 is 0. The van der Waals surface area contributed by atoms with Crippen LogP contribution >= 0.6 is 0 Å². The lowest BCUT2D eigenvalue weighted by atomic mass is 9.72. The topological polar surface area (TPSA) is 38.5 Å². The van der Waals surface area contributed by atoms with Gasteiger partial charge in [0.05, 0.1) is 13.2 Å². The molecule has 0 atom stereocenters. The summed E-state index contributed by atoms with van der Waals surface area (Å²) in [6.45, 7) is 3.17. The summed E-state index contributed by atoms with van der Waals surface area (Å²) in [7, 11) is 0. The maximum absolute atomic E-state index is 13.5. The molecule has 3 nitrogen and oxygen atoms in total. The molecule has 1 aromatic rings. The molecule has 1 heterocycles. The second-order valence-corrected chi connectivity index (χ2v) is 5.27. The molecule has 2 fully saturated rings. The zero-order chi connectivity index (χ0) is 12.6. The summed E-state index contributed by atoms with van der Waals surface area (Å²) < 4.78 is 18.9. The van der Waals surface area contributed by atoms with E-state index in [0.29, 0.717) is 0 Å². The predicted molar refractivity (Wildman–Crippen MR) is 69.1 cm³/mol. The van der Waals surface area contributed by atoms with Gasteiger partial charge in [0, 0.05) is 24.3 Å². The Hall–Kier alpha value is -1.13. The molecular formula is C14H19FN2O. The Morgan fingerprint density at radius 3 is 2.56 bits per heavy atom. The van der Waals surface area contributed by atoms with Crippen LogP contribution in [0.25, 0.3) is 0 Å². The summed E-state index contributed by atoms with van der Waals surface area (Å²) in [5.74, 6) is -0.196. The van der Waals surface area contributed by atoms with Crippen molar-refractivity contribution in [3.63, 3.8) is 0 Å². The SMILES string of the molecule is NC1(c2cc(F)ccc2N2CCOCC2)CCC1. The van der Waals surface area contributed by atoms with E-state index in [1.165, 1.54) is 6.07 Å². The van der Waals surface area contributed by atoms with E-state index in [4.69, 9.17) is 10.5 Å². The van der Waals surface area contributed by atoms with Gasteiger partial charge in [-0.3, -0.25) is 0 Å². The Kier molecular flexibility index (Phi) is 2.99. The molecule has 1 saturated heterocycles. The predicted octanol–water partition coefficient (Wildman–Crippen LogP) is 2.00. The van der Waals surface area contributed by atoms with Crippen molar-refractivity contribution in [3.05, 3.63) is 29.6 Å². The van der Waals surface area contributed by atoms with Crippen molar-refractivity contribution in [2.24, 2.45) is 5.73 Å². The summed E-state index contributed by atoms with van der Waals surface area (Å²) in [5, 5.41) is 0. The Labute approximate surface area is 107 Å². The van der Waals surface area contributed by atoms with Gasteiger partial charge in [-0.25, -0.2) is 4.39 Å². The van der Waals surface area contributed by atoms with Crippen LogP contribution in [0.3, 0.4) is 0 Å². The van der Waals surface area contributed by atoms with Gasteiger partial charge in [0.15, 0.2) is 0 Å². The van der Waals surface area contributed by atoms with E-state index in [1.54, 1.807) is 6.07 Å². The lowest BCUT2D eigenvalue weighted by Crippen LogP contribution is -2.46. The summed E-state index contributed by atoms with van der Waals surface area (Å²) in [6, 6.07) is 5.00. The van der Waals surface area contributed by atoms with Crippen molar-refractivity contribution in [3.8, 4) is 0 Å². The largest absolute Gasteiger partial charge is 0.378 e. The minimum Gasteiger partial charge on any atom is -0.378 e. The van der Waals surface area contributed by atoms with Crippen molar-refractivity contribution < 1.29 is 9.13 Å². The molecular weight excluding hydrogens is 231 g/mol. The zero-order valence-electron chi connectivity index (χ0n) is 10.5. The molecule has 98 valence electrons. The molecule has 1 aliphatic heterocycles. The van der Waals surface area contributed by atoms with Gasteiger partial charge in [-0.1, -0.05) is 0 Å². The fourth-order valence-electron chi connectivity index (χ4n) is 2.81. The molecule has 0 unspecified atom stereocenters. The van der Waals surface area contributed by atoms with Crippen LogP contribution in [0.5, 0.6) is 0 Å². The van der Waals surface area contributed by atoms with Gasteiger partial charge in [-0.15, -0.1) is 0 Å². The van der Waals surface area contributed by atoms with Gasteiger partial charge >= 0.3 is 0 Å². The number of morpholine rings is 1. The third kappa shape index (κ3) is 1.99. The maximum Gasteiger partial charge on any atom is 0.123 e. The second-order valence-electron chi connectivity index (χ2n) is 5.27. The quantitative estimate of drug-likeness (QED) is 0.872. The molecule has 2 N–H and O–H groups in total. The van der Waals surface area contributed by atoms with Crippen molar-refractivity contribution in [1.82, 2.24) is 0 Å². The molecule has 0 spiro atoms. The highest BCUT2D eigenvalue weighted by atomic mass is 19.1. The van der Waals surface area contributed by atoms with Crippen molar-refractivity contribution >= 4 is 5.69 Å². The fourth-order valence-corrected chi connectivity index (χ4v) is 2.81. The molecule has 18 heavy (non-hydrogen) atoms. The first-order valence-electron chi connectivity index (χ1n) is 6.61. The Balaban J connectivity index is 1.97. The third-order valence-corrected chi connectivity index (χ3v) is 4.09. The molecule has 0 amide bonds. The number of ether oxygens (including phenoxy) is 1. The van der Waals surface area contributed by atoms with Crippen LogP contribution in [0.15, 0.2) is 18.2 Å². The lowest BCUT2D eigenvalue weighted by Gasteiger charge is -2.42. The minimum atomic E-state index is -0.324. The molecule has 2 aliphatic rings. The van der Waals surface area contributed by atoms with E-state index in [-0.39, 0.29) is 11.4 Å². The first-order chi connectivity index (χ1) is 8.69. The highest BCUT2D eigenvalue weighted by Gasteiger charge is 2.37. The van der Waals surface area contributed by atoms with Crippen LogP contribution in [0.1, 0.15) is 24.8 Å². The smallest absolute Gasteiger partial charge is 0.123 e. The van der Waals surface area contributed by atoms with E-state index < -0.39 is 0 Å². The number of rotatable bonds is 2. The Morgan fingerprint density at radius 1 is 1.22 bits per heavy atom. The van der Waals surface area contributed by atoms with Gasteiger partial charge in [0.25, 0.3) is 0 Å². The highest BCUT2D eigenvalue weighted by molar-refractivity contribution is 5.57. The highest BCUT2D eigenvalue weighted by Crippen LogP contribution is 2.43. The first kappa shape index (κ1) is 11.9. The van der Waals surface area contributed by atoms with Gasteiger partial charge < -0.3 is 15.4 Å². The molecule has 1 saturated carbocycles.